The summed E-state index contributed by atoms with van der Waals surface area (Å²) in [6.07, 6.45) is 4.10. The lowest BCUT2D eigenvalue weighted by molar-refractivity contribution is 0.933. The van der Waals surface area contributed by atoms with Gasteiger partial charge in [0.1, 0.15) is 11.6 Å². The first-order chi connectivity index (χ1) is 8.19. The van der Waals surface area contributed by atoms with Gasteiger partial charge in [0.2, 0.25) is 0 Å². The second-order valence-corrected chi connectivity index (χ2v) is 5.63. The zero-order valence-electron chi connectivity index (χ0n) is 10.8. The van der Waals surface area contributed by atoms with E-state index in [1.54, 1.807) is 11.8 Å². The largest absolute Gasteiger partial charge is 0.370 e. The van der Waals surface area contributed by atoms with Gasteiger partial charge < -0.3 is 10.6 Å². The van der Waals surface area contributed by atoms with Crippen molar-refractivity contribution >= 4 is 35.2 Å². The molecule has 4 nitrogen and oxygen atoms in total. The molecule has 0 saturated carbocycles. The van der Waals surface area contributed by atoms with Gasteiger partial charge in [0.05, 0.1) is 0 Å². The molecular formula is C11H20N4S2. The van der Waals surface area contributed by atoms with Gasteiger partial charge in [-0.3, -0.25) is 0 Å². The molecular weight excluding hydrogens is 252 g/mol. The number of hydrogen-bond acceptors (Lipinski definition) is 6. The molecule has 0 spiro atoms. The zero-order valence-corrected chi connectivity index (χ0v) is 12.4. The normalized spacial score (nSPS) is 12.2. The van der Waals surface area contributed by atoms with Crippen LogP contribution in [0.2, 0.25) is 0 Å². The fraction of sp³-hybridized carbons (Fsp3) is 0.636. The Labute approximate surface area is 112 Å². The van der Waals surface area contributed by atoms with Crippen LogP contribution in [0.25, 0.3) is 0 Å². The summed E-state index contributed by atoms with van der Waals surface area (Å²) in [5.74, 6) is 1.77. The predicted molar refractivity (Wildman–Crippen MR) is 79.4 cm³/mol. The Morgan fingerprint density at radius 3 is 2.41 bits per heavy atom. The molecule has 0 aliphatic heterocycles. The lowest BCUT2D eigenvalue weighted by Gasteiger charge is -2.12. The SMILES string of the molecule is CCNc1cc(NCC(C)SC)nc(SC)n1. The second kappa shape index (κ2) is 7.66. The first-order valence-electron chi connectivity index (χ1n) is 5.63. The van der Waals surface area contributed by atoms with Crippen molar-refractivity contribution in [1.82, 2.24) is 9.97 Å². The fourth-order valence-electron chi connectivity index (χ4n) is 1.21. The van der Waals surface area contributed by atoms with Gasteiger partial charge in [-0.15, -0.1) is 0 Å². The van der Waals surface area contributed by atoms with E-state index in [-0.39, 0.29) is 0 Å². The maximum absolute atomic E-state index is 4.43. The van der Waals surface area contributed by atoms with E-state index in [0.29, 0.717) is 5.25 Å². The van der Waals surface area contributed by atoms with Crippen LogP contribution in [-0.2, 0) is 0 Å². The Bertz CT molecular complexity index is 346. The minimum absolute atomic E-state index is 0.574. The highest BCUT2D eigenvalue weighted by Crippen LogP contribution is 2.17. The maximum atomic E-state index is 4.43. The van der Waals surface area contributed by atoms with E-state index in [4.69, 9.17) is 0 Å². The van der Waals surface area contributed by atoms with Crippen LogP contribution in [0.15, 0.2) is 11.2 Å². The quantitative estimate of drug-likeness (QED) is 0.588. The number of anilines is 2. The Balaban J connectivity index is 2.72. The molecule has 0 aliphatic rings. The number of nitrogens with zero attached hydrogens (tertiary/aromatic N) is 2. The van der Waals surface area contributed by atoms with Gasteiger partial charge in [0.15, 0.2) is 5.16 Å². The zero-order chi connectivity index (χ0) is 12.7. The smallest absolute Gasteiger partial charge is 0.191 e. The van der Waals surface area contributed by atoms with Gasteiger partial charge in [-0.1, -0.05) is 18.7 Å². The number of hydrogen-bond donors (Lipinski definition) is 2. The van der Waals surface area contributed by atoms with Crippen LogP contribution in [0.5, 0.6) is 0 Å². The van der Waals surface area contributed by atoms with Gasteiger partial charge in [0, 0.05) is 24.4 Å². The van der Waals surface area contributed by atoms with Crippen molar-refractivity contribution in [3.8, 4) is 0 Å². The van der Waals surface area contributed by atoms with Crippen molar-refractivity contribution in [3.05, 3.63) is 6.07 Å². The topological polar surface area (TPSA) is 49.8 Å². The van der Waals surface area contributed by atoms with Crippen LogP contribution >= 0.6 is 23.5 Å². The third kappa shape index (κ3) is 5.04. The van der Waals surface area contributed by atoms with Crippen molar-refractivity contribution < 1.29 is 0 Å². The molecule has 17 heavy (non-hydrogen) atoms. The third-order valence-electron chi connectivity index (χ3n) is 2.22. The highest BCUT2D eigenvalue weighted by Gasteiger charge is 2.05. The molecule has 0 amide bonds. The molecule has 6 heteroatoms. The van der Waals surface area contributed by atoms with E-state index in [2.05, 4.69) is 40.7 Å². The van der Waals surface area contributed by atoms with Crippen LogP contribution in [0.3, 0.4) is 0 Å². The summed E-state index contributed by atoms with van der Waals surface area (Å²) >= 11 is 3.40. The van der Waals surface area contributed by atoms with E-state index in [1.165, 1.54) is 0 Å². The van der Waals surface area contributed by atoms with E-state index >= 15 is 0 Å². The predicted octanol–water partition coefficient (Wildman–Crippen LogP) is 2.79. The molecule has 0 fully saturated rings. The maximum Gasteiger partial charge on any atom is 0.191 e. The van der Waals surface area contributed by atoms with Gasteiger partial charge in [-0.2, -0.15) is 11.8 Å². The third-order valence-corrected chi connectivity index (χ3v) is 3.74. The number of rotatable bonds is 7. The van der Waals surface area contributed by atoms with Crippen LogP contribution in [-0.4, -0.2) is 40.8 Å². The average molecular weight is 272 g/mol. The number of thioether (sulfide) groups is 2. The summed E-state index contributed by atoms with van der Waals surface area (Å²) in [7, 11) is 0. The summed E-state index contributed by atoms with van der Waals surface area (Å²) in [6, 6.07) is 1.95. The summed E-state index contributed by atoms with van der Waals surface area (Å²) in [5, 5.41) is 7.93. The molecule has 0 radical (unpaired) electrons. The summed E-state index contributed by atoms with van der Waals surface area (Å²) in [5.41, 5.74) is 0. The Morgan fingerprint density at radius 2 is 1.88 bits per heavy atom. The first-order valence-corrected chi connectivity index (χ1v) is 8.14. The van der Waals surface area contributed by atoms with Crippen LogP contribution in [0, 0.1) is 0 Å². The second-order valence-electron chi connectivity index (χ2n) is 3.58. The average Bonchev–Trinajstić information content (AvgIpc) is 2.36. The van der Waals surface area contributed by atoms with Crippen LogP contribution in [0.4, 0.5) is 11.6 Å². The molecule has 1 atom stereocenters. The first kappa shape index (κ1) is 14.4. The molecule has 1 unspecified atom stereocenters. The molecule has 0 bridgehead atoms. The van der Waals surface area contributed by atoms with Crippen molar-refractivity contribution in [2.24, 2.45) is 0 Å². The Morgan fingerprint density at radius 1 is 1.24 bits per heavy atom. The standard InChI is InChI=1S/C11H20N4S2/c1-5-12-9-6-10(13-7-8(2)16-3)15-11(14-9)17-4/h6,8H,5,7H2,1-4H3,(H2,12,13,14,15). The van der Waals surface area contributed by atoms with E-state index in [0.717, 1.165) is 29.9 Å². The summed E-state index contributed by atoms with van der Waals surface area (Å²) < 4.78 is 0. The Hall–Kier alpha value is -0.620. The molecule has 0 aromatic carbocycles. The monoisotopic (exact) mass is 272 g/mol. The van der Waals surface area contributed by atoms with Crippen molar-refractivity contribution in [2.45, 2.75) is 24.3 Å². The highest BCUT2D eigenvalue weighted by atomic mass is 32.2. The lowest BCUT2D eigenvalue weighted by atomic mass is 10.4. The van der Waals surface area contributed by atoms with E-state index in [1.807, 2.05) is 24.1 Å². The highest BCUT2D eigenvalue weighted by molar-refractivity contribution is 7.99. The molecule has 2 N–H and O–H groups in total. The van der Waals surface area contributed by atoms with Gasteiger partial charge in [-0.25, -0.2) is 9.97 Å². The molecule has 0 aliphatic carbocycles. The number of nitrogens with one attached hydrogen (secondary N) is 2. The molecule has 0 saturated heterocycles. The summed E-state index contributed by atoms with van der Waals surface area (Å²) in [6.45, 7) is 6.03. The van der Waals surface area contributed by atoms with E-state index in [9.17, 15) is 0 Å². The molecule has 1 rings (SSSR count). The number of aromatic nitrogens is 2. The van der Waals surface area contributed by atoms with Crippen LogP contribution < -0.4 is 10.6 Å². The van der Waals surface area contributed by atoms with Gasteiger partial charge in [0.25, 0.3) is 0 Å². The lowest BCUT2D eigenvalue weighted by Crippen LogP contribution is -2.14. The van der Waals surface area contributed by atoms with E-state index < -0.39 is 0 Å². The molecule has 1 heterocycles. The minimum Gasteiger partial charge on any atom is -0.370 e. The minimum atomic E-state index is 0.574. The van der Waals surface area contributed by atoms with Gasteiger partial charge >= 0.3 is 0 Å². The fourth-order valence-corrected chi connectivity index (χ4v) is 1.84. The Kier molecular flexibility index (Phi) is 6.50. The summed E-state index contributed by atoms with van der Waals surface area (Å²) in [4.78, 5) is 8.82. The molecule has 1 aromatic rings. The van der Waals surface area contributed by atoms with Crippen molar-refractivity contribution in [1.29, 1.82) is 0 Å². The van der Waals surface area contributed by atoms with Crippen molar-refractivity contribution in [2.75, 3.05) is 36.2 Å². The molecule has 1 aromatic heterocycles. The van der Waals surface area contributed by atoms with Gasteiger partial charge in [-0.05, 0) is 19.4 Å². The molecule has 96 valence electrons. The van der Waals surface area contributed by atoms with Crippen molar-refractivity contribution in [3.63, 3.8) is 0 Å². The van der Waals surface area contributed by atoms with Crippen LogP contribution in [0.1, 0.15) is 13.8 Å².